The number of rotatable bonds is 6. The second kappa shape index (κ2) is 10.2. The predicted molar refractivity (Wildman–Crippen MR) is 150 cm³/mol. The van der Waals surface area contributed by atoms with E-state index >= 15 is 0 Å². The summed E-state index contributed by atoms with van der Waals surface area (Å²) in [5.41, 5.74) is 4.06. The minimum Gasteiger partial charge on any atom is -0.508 e. The number of thiocarbonyl (C=S) groups is 1. The van der Waals surface area contributed by atoms with Crippen LogP contribution in [0.1, 0.15) is 37.3 Å². The van der Waals surface area contributed by atoms with Gasteiger partial charge < -0.3 is 25.2 Å². The van der Waals surface area contributed by atoms with Crippen LogP contribution in [0.15, 0.2) is 85.2 Å². The summed E-state index contributed by atoms with van der Waals surface area (Å²) >= 11 is 12.5. The first-order chi connectivity index (χ1) is 17.8. The molecule has 0 unspecified atom stereocenters. The molecule has 0 aliphatic carbocycles. The lowest BCUT2D eigenvalue weighted by atomic mass is 10.0. The molecule has 1 aliphatic rings. The number of phenolic OH excluding ortho intramolecular Hbond substituents is 1. The molecule has 4 aromatic rings. The number of carbonyl (C=O) groups excluding carboxylic acids is 1. The van der Waals surface area contributed by atoms with Gasteiger partial charge in [-0.2, -0.15) is 0 Å². The van der Waals surface area contributed by atoms with Crippen LogP contribution in [0.5, 0.6) is 5.75 Å². The molecule has 9 heteroatoms. The number of benzene rings is 2. The van der Waals surface area contributed by atoms with Crippen molar-refractivity contribution in [1.82, 2.24) is 14.9 Å². The minimum absolute atomic E-state index is 0.104. The van der Waals surface area contributed by atoms with E-state index in [1.54, 1.807) is 24.4 Å². The largest absolute Gasteiger partial charge is 0.508 e. The standard InChI is InChI=1S/C28H26ClN5O2S/c1-17(2)27(36)31-22-13-10-19(16-21(22)29)34-26(25(32-28(34)37)23-6-3-4-14-30-23)24-7-5-15-33(24)18-8-11-20(35)12-9-18/h3-17,25-26,35H,1-2H3,(H,31,36)(H,32,37)/t25-,26-/m0/s1. The van der Waals surface area contributed by atoms with Gasteiger partial charge in [0.05, 0.1) is 22.4 Å². The van der Waals surface area contributed by atoms with E-state index in [2.05, 4.69) is 26.3 Å². The van der Waals surface area contributed by atoms with E-state index in [1.165, 1.54) is 0 Å². The van der Waals surface area contributed by atoms with Crippen LogP contribution < -0.4 is 15.5 Å². The Bertz CT molecular complexity index is 1440. The molecule has 1 fully saturated rings. The highest BCUT2D eigenvalue weighted by molar-refractivity contribution is 7.80. The van der Waals surface area contributed by atoms with Crippen molar-refractivity contribution in [3.63, 3.8) is 0 Å². The first kappa shape index (κ1) is 24.8. The van der Waals surface area contributed by atoms with Crippen LogP contribution in [0.2, 0.25) is 5.02 Å². The highest BCUT2D eigenvalue weighted by atomic mass is 35.5. The molecule has 1 amide bonds. The van der Waals surface area contributed by atoms with Crippen LogP contribution in [0.25, 0.3) is 5.69 Å². The van der Waals surface area contributed by atoms with E-state index in [1.807, 2.05) is 73.5 Å². The van der Waals surface area contributed by atoms with Gasteiger partial charge in [-0.3, -0.25) is 9.78 Å². The molecule has 188 valence electrons. The molecule has 0 radical (unpaired) electrons. The molecule has 7 nitrogen and oxygen atoms in total. The Hall–Kier alpha value is -3.88. The maximum atomic E-state index is 12.2. The molecule has 2 aromatic carbocycles. The molecule has 0 spiro atoms. The van der Waals surface area contributed by atoms with Gasteiger partial charge in [0.25, 0.3) is 0 Å². The van der Waals surface area contributed by atoms with Crippen molar-refractivity contribution >= 4 is 46.2 Å². The third-order valence-electron chi connectivity index (χ3n) is 6.32. The van der Waals surface area contributed by atoms with E-state index in [0.29, 0.717) is 15.8 Å². The zero-order valence-corrected chi connectivity index (χ0v) is 21.9. The van der Waals surface area contributed by atoms with Crippen molar-refractivity contribution in [1.29, 1.82) is 0 Å². The number of halogens is 1. The van der Waals surface area contributed by atoms with E-state index in [4.69, 9.17) is 23.8 Å². The number of nitrogens with zero attached hydrogens (tertiary/aromatic N) is 3. The molecule has 2 atom stereocenters. The fourth-order valence-electron chi connectivity index (χ4n) is 4.45. The van der Waals surface area contributed by atoms with E-state index in [-0.39, 0.29) is 29.7 Å². The number of pyridine rings is 1. The Morgan fingerprint density at radius 3 is 2.51 bits per heavy atom. The van der Waals surface area contributed by atoms with Gasteiger partial charge >= 0.3 is 0 Å². The van der Waals surface area contributed by atoms with Crippen LogP contribution in [-0.2, 0) is 4.79 Å². The minimum atomic E-state index is -0.265. The van der Waals surface area contributed by atoms with Crippen molar-refractivity contribution < 1.29 is 9.90 Å². The lowest BCUT2D eigenvalue weighted by Gasteiger charge is -2.29. The summed E-state index contributed by atoms with van der Waals surface area (Å²) in [6.07, 6.45) is 3.75. The van der Waals surface area contributed by atoms with Gasteiger partial charge in [0.2, 0.25) is 5.91 Å². The molecule has 1 saturated heterocycles. The first-order valence-electron chi connectivity index (χ1n) is 11.9. The number of hydrogen-bond acceptors (Lipinski definition) is 4. The number of anilines is 2. The van der Waals surface area contributed by atoms with Gasteiger partial charge in [0.15, 0.2) is 5.11 Å². The molecule has 0 bridgehead atoms. The van der Waals surface area contributed by atoms with Gasteiger partial charge in [0.1, 0.15) is 11.8 Å². The van der Waals surface area contributed by atoms with Crippen LogP contribution in [0.4, 0.5) is 11.4 Å². The Balaban J connectivity index is 1.59. The summed E-state index contributed by atoms with van der Waals surface area (Å²) < 4.78 is 2.07. The van der Waals surface area contributed by atoms with E-state index in [0.717, 1.165) is 22.8 Å². The van der Waals surface area contributed by atoms with Crippen LogP contribution in [0.3, 0.4) is 0 Å². The van der Waals surface area contributed by atoms with Crippen molar-refractivity contribution in [2.45, 2.75) is 25.9 Å². The Kier molecular flexibility index (Phi) is 6.86. The number of carbonyl (C=O) groups is 1. The number of phenols is 1. The van der Waals surface area contributed by atoms with Crippen LogP contribution in [0, 0.1) is 5.92 Å². The Morgan fingerprint density at radius 1 is 1.08 bits per heavy atom. The highest BCUT2D eigenvalue weighted by Crippen LogP contribution is 2.43. The fourth-order valence-corrected chi connectivity index (χ4v) is 5.02. The number of nitrogens with one attached hydrogen (secondary N) is 2. The fraction of sp³-hybridized carbons (Fsp3) is 0.179. The summed E-state index contributed by atoms with van der Waals surface area (Å²) in [5, 5.41) is 17.1. The number of aromatic nitrogens is 2. The van der Waals surface area contributed by atoms with Crippen LogP contribution in [-0.4, -0.2) is 25.7 Å². The average Bonchev–Trinajstić information content (AvgIpc) is 3.50. The lowest BCUT2D eigenvalue weighted by Crippen LogP contribution is -2.30. The van der Waals surface area contributed by atoms with Gasteiger partial charge in [-0.25, -0.2) is 0 Å². The SMILES string of the molecule is CC(C)C(=O)Nc1ccc(N2C(=S)N[C@@H](c3ccccn3)[C@@H]2c2cccn2-c2ccc(O)cc2)cc1Cl. The highest BCUT2D eigenvalue weighted by Gasteiger charge is 2.42. The van der Waals surface area contributed by atoms with Gasteiger partial charge in [-0.1, -0.05) is 31.5 Å². The van der Waals surface area contributed by atoms with Gasteiger partial charge in [-0.05, 0) is 78.9 Å². The summed E-state index contributed by atoms with van der Waals surface area (Å²) in [6.45, 7) is 3.66. The zero-order chi connectivity index (χ0) is 26.1. The lowest BCUT2D eigenvalue weighted by molar-refractivity contribution is -0.118. The molecule has 37 heavy (non-hydrogen) atoms. The van der Waals surface area contributed by atoms with Crippen molar-refractivity contribution in [2.24, 2.45) is 5.92 Å². The topological polar surface area (TPSA) is 82.4 Å². The second-order valence-corrected chi connectivity index (χ2v) is 9.92. The number of aromatic hydroxyl groups is 1. The third-order valence-corrected chi connectivity index (χ3v) is 6.95. The summed E-state index contributed by atoms with van der Waals surface area (Å²) in [6, 6.07) is 21.9. The number of hydrogen-bond donors (Lipinski definition) is 3. The van der Waals surface area contributed by atoms with Gasteiger partial charge in [-0.15, -0.1) is 0 Å². The smallest absolute Gasteiger partial charge is 0.226 e. The quantitative estimate of drug-likeness (QED) is 0.265. The van der Waals surface area contributed by atoms with Crippen LogP contribution >= 0.6 is 23.8 Å². The molecular formula is C28H26ClN5O2S. The molecule has 3 N–H and O–H groups in total. The van der Waals surface area contributed by atoms with Crippen molar-refractivity contribution in [3.05, 3.63) is 102 Å². The Morgan fingerprint density at radius 2 is 1.84 bits per heavy atom. The molecule has 5 rings (SSSR count). The number of amides is 1. The van der Waals surface area contributed by atoms with Gasteiger partial charge in [0, 0.05) is 35.4 Å². The molecule has 0 saturated carbocycles. The van der Waals surface area contributed by atoms with E-state index < -0.39 is 0 Å². The predicted octanol–water partition coefficient (Wildman–Crippen LogP) is 6.00. The Labute approximate surface area is 225 Å². The molecular weight excluding hydrogens is 506 g/mol. The average molecular weight is 532 g/mol. The molecule has 2 aromatic heterocycles. The summed E-state index contributed by atoms with van der Waals surface area (Å²) in [4.78, 5) is 18.9. The normalized spacial score (nSPS) is 17.2. The summed E-state index contributed by atoms with van der Waals surface area (Å²) in [5.74, 6) is -0.0661. The molecule has 1 aliphatic heterocycles. The zero-order valence-electron chi connectivity index (χ0n) is 20.3. The monoisotopic (exact) mass is 531 g/mol. The first-order valence-corrected chi connectivity index (χ1v) is 12.7. The van der Waals surface area contributed by atoms with Crippen molar-refractivity contribution in [3.8, 4) is 11.4 Å². The van der Waals surface area contributed by atoms with E-state index in [9.17, 15) is 9.90 Å². The maximum Gasteiger partial charge on any atom is 0.226 e. The maximum absolute atomic E-state index is 12.2. The van der Waals surface area contributed by atoms with Crippen molar-refractivity contribution in [2.75, 3.05) is 10.2 Å². The summed E-state index contributed by atoms with van der Waals surface area (Å²) in [7, 11) is 0. The third kappa shape index (κ3) is 4.90. The second-order valence-electron chi connectivity index (χ2n) is 9.12. The molecule has 3 heterocycles.